The summed E-state index contributed by atoms with van der Waals surface area (Å²) in [4.78, 5) is 3.71. The van der Waals surface area contributed by atoms with Gasteiger partial charge in [0.2, 0.25) is 5.88 Å². The van der Waals surface area contributed by atoms with Gasteiger partial charge in [0, 0.05) is 24.1 Å². The van der Waals surface area contributed by atoms with E-state index in [1.165, 1.54) is 30.3 Å². The van der Waals surface area contributed by atoms with Crippen LogP contribution < -0.4 is 9.46 Å². The molecule has 2 aromatic carbocycles. The minimum atomic E-state index is -4.04. The number of hydrogen-bond acceptors (Lipinski definition) is 6. The smallest absolute Gasteiger partial charge is 0.264 e. The van der Waals surface area contributed by atoms with Gasteiger partial charge in [0.15, 0.2) is 5.82 Å². The maximum absolute atomic E-state index is 13.8. The second-order valence-electron chi connectivity index (χ2n) is 6.24. The molecule has 0 saturated carbocycles. The van der Waals surface area contributed by atoms with Crippen LogP contribution in [-0.4, -0.2) is 28.2 Å². The maximum Gasteiger partial charge on any atom is 0.264 e. The van der Waals surface area contributed by atoms with Gasteiger partial charge in [-0.1, -0.05) is 12.1 Å². The highest BCUT2D eigenvalue weighted by molar-refractivity contribution is 7.92. The summed E-state index contributed by atoms with van der Waals surface area (Å²) in [7, 11) is -4.04. The van der Waals surface area contributed by atoms with E-state index in [1.807, 2.05) is 6.92 Å². The number of aromatic nitrogens is 4. The number of ether oxygens (including phenoxy) is 1. The molecule has 2 aromatic heterocycles. The van der Waals surface area contributed by atoms with E-state index in [0.29, 0.717) is 11.6 Å². The number of anilines is 1. The maximum atomic E-state index is 13.8. The molecule has 0 aliphatic carbocycles. The fraction of sp³-hybridized carbons (Fsp3) is 0.0500. The van der Waals surface area contributed by atoms with Crippen molar-refractivity contribution in [3.05, 3.63) is 84.7 Å². The number of imidazole rings is 1. The lowest BCUT2D eigenvalue weighted by Gasteiger charge is -2.10. The molecule has 0 bridgehead atoms. The van der Waals surface area contributed by atoms with Gasteiger partial charge in [-0.25, -0.2) is 17.8 Å². The summed E-state index contributed by atoms with van der Waals surface area (Å²) in [6, 6.07) is 14.7. The van der Waals surface area contributed by atoms with Crippen LogP contribution in [-0.2, 0) is 10.0 Å². The molecule has 0 atom stereocenters. The molecule has 0 fully saturated rings. The van der Waals surface area contributed by atoms with Crippen LogP contribution in [0.25, 0.3) is 5.82 Å². The molecule has 0 aliphatic rings. The van der Waals surface area contributed by atoms with E-state index in [1.54, 1.807) is 41.2 Å². The molecular formula is C20H16FN5O3S. The SMILES string of the molecule is Cc1nccn1-c1ccc(Oc2ccc(NS(=O)(=O)c3ccccc3F)cc2)nn1. The molecular weight excluding hydrogens is 409 g/mol. The van der Waals surface area contributed by atoms with Gasteiger partial charge < -0.3 is 4.74 Å². The van der Waals surface area contributed by atoms with Crippen molar-refractivity contribution < 1.29 is 17.5 Å². The van der Waals surface area contributed by atoms with E-state index in [2.05, 4.69) is 19.9 Å². The van der Waals surface area contributed by atoms with Gasteiger partial charge in [0.25, 0.3) is 10.0 Å². The van der Waals surface area contributed by atoms with Gasteiger partial charge in [0.1, 0.15) is 22.3 Å². The number of sulfonamides is 1. The van der Waals surface area contributed by atoms with Crippen molar-refractivity contribution in [1.82, 2.24) is 19.7 Å². The van der Waals surface area contributed by atoms with E-state index >= 15 is 0 Å². The van der Waals surface area contributed by atoms with Crippen LogP contribution in [0.5, 0.6) is 11.6 Å². The highest BCUT2D eigenvalue weighted by atomic mass is 32.2. The van der Waals surface area contributed by atoms with Gasteiger partial charge >= 0.3 is 0 Å². The summed E-state index contributed by atoms with van der Waals surface area (Å²) in [6.07, 6.45) is 3.45. The Balaban J connectivity index is 1.45. The predicted octanol–water partition coefficient (Wildman–Crippen LogP) is 3.70. The first-order valence-electron chi connectivity index (χ1n) is 8.82. The Labute approximate surface area is 172 Å². The topological polar surface area (TPSA) is 99.0 Å². The Bertz CT molecular complexity index is 1270. The fourth-order valence-electron chi connectivity index (χ4n) is 2.70. The predicted molar refractivity (Wildman–Crippen MR) is 108 cm³/mol. The second kappa shape index (κ2) is 7.91. The zero-order chi connectivity index (χ0) is 21.1. The van der Waals surface area contributed by atoms with Crippen LogP contribution in [0.3, 0.4) is 0 Å². The van der Waals surface area contributed by atoms with E-state index < -0.39 is 20.7 Å². The first-order valence-corrected chi connectivity index (χ1v) is 10.3. The number of benzene rings is 2. The zero-order valence-electron chi connectivity index (χ0n) is 15.7. The number of nitrogens with zero attached hydrogens (tertiary/aromatic N) is 4. The first-order chi connectivity index (χ1) is 14.4. The molecule has 10 heteroatoms. The molecule has 0 saturated heterocycles. The lowest BCUT2D eigenvalue weighted by atomic mass is 10.3. The first kappa shape index (κ1) is 19.5. The molecule has 0 amide bonds. The van der Waals surface area contributed by atoms with E-state index in [-0.39, 0.29) is 11.6 Å². The molecule has 2 heterocycles. The lowest BCUT2D eigenvalue weighted by molar-refractivity contribution is 0.454. The minimum absolute atomic E-state index is 0.266. The number of aryl methyl sites for hydroxylation is 1. The third kappa shape index (κ3) is 4.13. The van der Waals surface area contributed by atoms with Gasteiger partial charge in [0.05, 0.1) is 0 Å². The summed E-state index contributed by atoms with van der Waals surface area (Å²) in [5.41, 5.74) is 0.266. The summed E-state index contributed by atoms with van der Waals surface area (Å²) >= 11 is 0. The molecule has 30 heavy (non-hydrogen) atoms. The molecule has 0 unspecified atom stereocenters. The van der Waals surface area contributed by atoms with E-state index in [9.17, 15) is 12.8 Å². The minimum Gasteiger partial charge on any atom is -0.438 e. The van der Waals surface area contributed by atoms with Crippen molar-refractivity contribution in [2.75, 3.05) is 4.72 Å². The fourth-order valence-corrected chi connectivity index (χ4v) is 3.84. The molecule has 0 spiro atoms. The van der Waals surface area contributed by atoms with Crippen molar-refractivity contribution in [2.24, 2.45) is 0 Å². The van der Waals surface area contributed by atoms with Gasteiger partial charge in [-0.2, -0.15) is 0 Å². The molecule has 4 rings (SSSR count). The Kier molecular flexibility index (Phi) is 5.15. The van der Waals surface area contributed by atoms with Crippen molar-refractivity contribution in [2.45, 2.75) is 11.8 Å². The number of halogens is 1. The Morgan fingerprint density at radius 1 is 1.00 bits per heavy atom. The summed E-state index contributed by atoms with van der Waals surface area (Å²) < 4.78 is 48.2. The van der Waals surface area contributed by atoms with Crippen molar-refractivity contribution in [3.63, 3.8) is 0 Å². The molecule has 0 radical (unpaired) electrons. The van der Waals surface area contributed by atoms with Crippen molar-refractivity contribution in [3.8, 4) is 17.4 Å². The average molecular weight is 425 g/mol. The monoisotopic (exact) mass is 425 g/mol. The van der Waals surface area contributed by atoms with Crippen LogP contribution in [0.1, 0.15) is 5.82 Å². The van der Waals surface area contributed by atoms with Crippen LogP contribution in [0.15, 0.2) is 78.0 Å². The lowest BCUT2D eigenvalue weighted by Crippen LogP contribution is -2.14. The van der Waals surface area contributed by atoms with Gasteiger partial charge in [-0.05, 0) is 49.4 Å². The van der Waals surface area contributed by atoms with E-state index in [4.69, 9.17) is 4.74 Å². The highest BCUT2D eigenvalue weighted by Crippen LogP contribution is 2.24. The normalized spacial score (nSPS) is 11.3. The van der Waals surface area contributed by atoms with Gasteiger partial charge in [-0.3, -0.25) is 9.29 Å². The molecule has 0 aliphatic heterocycles. The average Bonchev–Trinajstić information content (AvgIpc) is 3.16. The molecule has 4 aromatic rings. The van der Waals surface area contributed by atoms with Crippen LogP contribution in [0, 0.1) is 12.7 Å². The third-order valence-corrected chi connectivity index (χ3v) is 5.57. The third-order valence-electron chi connectivity index (χ3n) is 4.15. The Morgan fingerprint density at radius 3 is 2.40 bits per heavy atom. The number of nitrogens with one attached hydrogen (secondary N) is 1. The van der Waals surface area contributed by atoms with E-state index in [0.717, 1.165) is 11.9 Å². The summed E-state index contributed by atoms with van der Waals surface area (Å²) in [5.74, 6) is 1.28. The molecule has 152 valence electrons. The quantitative estimate of drug-likeness (QED) is 0.506. The van der Waals surface area contributed by atoms with Gasteiger partial charge in [-0.15, -0.1) is 10.2 Å². The van der Waals surface area contributed by atoms with Crippen LogP contribution >= 0.6 is 0 Å². The highest BCUT2D eigenvalue weighted by Gasteiger charge is 2.18. The molecule has 8 nitrogen and oxygen atoms in total. The second-order valence-corrected chi connectivity index (χ2v) is 7.89. The molecule has 1 N–H and O–H groups in total. The van der Waals surface area contributed by atoms with Crippen molar-refractivity contribution in [1.29, 1.82) is 0 Å². The number of rotatable bonds is 6. The summed E-state index contributed by atoms with van der Waals surface area (Å²) in [5, 5.41) is 8.14. The van der Waals surface area contributed by atoms with Crippen LogP contribution in [0.2, 0.25) is 0 Å². The Morgan fingerprint density at radius 2 is 1.77 bits per heavy atom. The Hall–Kier alpha value is -3.79. The standard InChI is InChI=1S/C20H16FN5O3S/c1-14-22-12-13-26(14)19-10-11-20(24-23-19)29-16-8-6-15(7-9-16)25-30(27,28)18-5-3-2-4-17(18)21/h2-13,25H,1H3. The van der Waals surface area contributed by atoms with Crippen LogP contribution in [0.4, 0.5) is 10.1 Å². The summed E-state index contributed by atoms with van der Waals surface area (Å²) in [6.45, 7) is 1.86. The number of hydrogen-bond donors (Lipinski definition) is 1. The van der Waals surface area contributed by atoms with Crippen molar-refractivity contribution >= 4 is 15.7 Å². The largest absolute Gasteiger partial charge is 0.438 e. The zero-order valence-corrected chi connectivity index (χ0v) is 16.5.